The summed E-state index contributed by atoms with van der Waals surface area (Å²) in [5, 5.41) is 28.2. The average molecular weight is 549 g/mol. The molecule has 4 aromatic rings. The monoisotopic (exact) mass is 548 g/mol. The first-order valence-electron chi connectivity index (χ1n) is 13.7. The number of rotatable bonds is 4. The van der Waals surface area contributed by atoms with E-state index < -0.39 is 0 Å². The molecule has 12 heteroatoms. The van der Waals surface area contributed by atoms with E-state index >= 15 is 0 Å². The molecule has 1 unspecified atom stereocenters. The van der Waals surface area contributed by atoms with Gasteiger partial charge in [-0.25, -0.2) is 4.68 Å². The van der Waals surface area contributed by atoms with Crippen molar-refractivity contribution in [2.45, 2.75) is 52.4 Å². The predicted octanol–water partition coefficient (Wildman–Crippen LogP) is 2.89. The zero-order valence-electron chi connectivity index (χ0n) is 23.8. The lowest BCUT2D eigenvalue weighted by molar-refractivity contribution is 0.102. The van der Waals surface area contributed by atoms with E-state index in [9.17, 15) is 5.11 Å². The zero-order chi connectivity index (χ0) is 28.1. The van der Waals surface area contributed by atoms with Crippen LogP contribution in [0.4, 0.5) is 0 Å². The number of hydrogen-bond donors (Lipinski definition) is 2. The van der Waals surface area contributed by atoms with E-state index in [1.165, 1.54) is 0 Å². The van der Waals surface area contributed by atoms with Crippen LogP contribution in [0.25, 0.3) is 34.3 Å². The van der Waals surface area contributed by atoms with Gasteiger partial charge in [0.2, 0.25) is 11.8 Å². The van der Waals surface area contributed by atoms with Crippen LogP contribution in [-0.2, 0) is 18.3 Å². The lowest BCUT2D eigenvalue weighted by atomic mass is 10.1. The van der Waals surface area contributed by atoms with Gasteiger partial charge in [0.15, 0.2) is 0 Å². The first kappa shape index (κ1) is 26.5. The van der Waals surface area contributed by atoms with E-state index in [1.54, 1.807) is 4.68 Å². The third-order valence-electron chi connectivity index (χ3n) is 7.80. The fourth-order valence-electron chi connectivity index (χ4n) is 5.69. The average Bonchev–Trinajstić information content (AvgIpc) is 3.69. The van der Waals surface area contributed by atoms with Crippen molar-refractivity contribution in [2.24, 2.45) is 7.05 Å². The maximum absolute atomic E-state index is 10.1. The maximum Gasteiger partial charge on any atom is 0.240 e. The number of aliphatic hydroxyl groups excluding tert-OH is 1. The van der Waals surface area contributed by atoms with E-state index in [0.717, 1.165) is 50.5 Å². The van der Waals surface area contributed by atoms with E-state index in [4.69, 9.17) is 24.3 Å². The minimum Gasteiger partial charge on any atom is -0.476 e. The highest BCUT2D eigenvalue weighted by molar-refractivity contribution is 5.93. The molecule has 2 bridgehead atoms. The number of nitrogens with zero attached hydrogens (tertiary/aromatic N) is 7. The summed E-state index contributed by atoms with van der Waals surface area (Å²) in [7, 11) is 3.95. The van der Waals surface area contributed by atoms with E-state index in [1.807, 2.05) is 57.6 Å². The minimum absolute atomic E-state index is 0.0255. The molecule has 212 valence electrons. The molecule has 0 saturated carbocycles. The fourth-order valence-corrected chi connectivity index (χ4v) is 5.69. The van der Waals surface area contributed by atoms with E-state index in [2.05, 4.69) is 27.2 Å². The minimum atomic E-state index is -0.233. The van der Waals surface area contributed by atoms with Crippen LogP contribution < -0.4 is 9.47 Å². The highest BCUT2D eigenvalue weighted by atomic mass is 16.6. The van der Waals surface area contributed by atoms with Gasteiger partial charge in [0, 0.05) is 19.0 Å². The zero-order valence-corrected chi connectivity index (χ0v) is 23.8. The van der Waals surface area contributed by atoms with Gasteiger partial charge < -0.3 is 19.3 Å². The number of H-pyrrole nitrogens is 1. The van der Waals surface area contributed by atoms with Crippen LogP contribution in [-0.4, -0.2) is 90.4 Å². The van der Waals surface area contributed by atoms with Crippen molar-refractivity contribution in [3.05, 3.63) is 34.4 Å². The molecule has 2 N–H and O–H groups in total. The first-order chi connectivity index (χ1) is 19.3. The third-order valence-corrected chi connectivity index (χ3v) is 7.80. The molecule has 6 rings (SSSR count). The number of fused-ring (bicyclic) bond motifs is 5. The summed E-state index contributed by atoms with van der Waals surface area (Å²) in [6.07, 6.45) is 3.79. The number of nitrogens with one attached hydrogen (secondary N) is 1. The molecule has 0 amide bonds. The fraction of sp³-hybridized carbons (Fsp3) is 0.500. The topological polar surface area (TPSA) is 128 Å². The number of pyridine rings is 1. The molecule has 0 aliphatic carbocycles. The van der Waals surface area contributed by atoms with Gasteiger partial charge in [0.25, 0.3) is 0 Å². The normalized spacial score (nSPS) is 20.9. The summed E-state index contributed by atoms with van der Waals surface area (Å²) in [6, 6.07) is 1.78. The summed E-state index contributed by atoms with van der Waals surface area (Å²) in [5.74, 6) is 1.19. The number of hydrogen-bond acceptors (Lipinski definition) is 9. The van der Waals surface area contributed by atoms with Crippen LogP contribution >= 0.6 is 0 Å². The van der Waals surface area contributed by atoms with Crippen molar-refractivity contribution in [1.82, 2.24) is 39.6 Å². The van der Waals surface area contributed by atoms with Crippen molar-refractivity contribution >= 4 is 23.1 Å². The van der Waals surface area contributed by atoms with Crippen LogP contribution in [0.2, 0.25) is 0 Å². The molecule has 0 spiro atoms. The van der Waals surface area contributed by atoms with Gasteiger partial charge in [-0.1, -0.05) is 0 Å². The maximum atomic E-state index is 10.1. The van der Waals surface area contributed by atoms with Gasteiger partial charge in [-0.15, -0.1) is 5.10 Å². The Hall–Kier alpha value is -3.74. The van der Waals surface area contributed by atoms with Gasteiger partial charge in [0.05, 0.1) is 78.1 Å². The Morgan fingerprint density at radius 1 is 1.18 bits per heavy atom. The summed E-state index contributed by atoms with van der Waals surface area (Å²) in [6.45, 7) is 9.77. The lowest BCUT2D eigenvalue weighted by Crippen LogP contribution is -2.43. The largest absolute Gasteiger partial charge is 0.476 e. The van der Waals surface area contributed by atoms with Crippen molar-refractivity contribution in [1.29, 1.82) is 0 Å². The van der Waals surface area contributed by atoms with Crippen LogP contribution in [0.3, 0.4) is 0 Å². The number of likely N-dealkylation sites (N-methyl/N-ethyl adjacent to an activating group) is 1. The number of aromatic nitrogens is 7. The smallest absolute Gasteiger partial charge is 0.240 e. The van der Waals surface area contributed by atoms with Crippen molar-refractivity contribution < 1.29 is 19.3 Å². The standard InChI is InChI=1S/C28H36N8O4/c1-7-39-27-18-8-9-20-19-10-21(29-17(4)26(19)31-30-20)25-16(3)32-35(6)28(25)40-24-14-38-13-23(24)34(5)11-22(18)36(33-27)15(2)12-37/h8-10,15,23-24,37H,7,11-14H2,1-6H3,(H,30,31)/b9-8+/t15-,23+,24?/m0/s1. The van der Waals surface area contributed by atoms with E-state index in [0.29, 0.717) is 38.1 Å². The summed E-state index contributed by atoms with van der Waals surface area (Å²) in [4.78, 5) is 7.13. The molecular weight excluding hydrogens is 512 g/mol. The SMILES string of the molecule is CCOc1nn([C@@H](C)CO)c2c1/C=C/c1[nH]nc3c(C)nc(cc13)-c1c(C)nn(C)c1OC1COC[C@H]1N(C)C2. The van der Waals surface area contributed by atoms with Gasteiger partial charge in [-0.2, -0.15) is 10.2 Å². The molecule has 0 radical (unpaired) electrons. The number of aliphatic hydroxyl groups is 1. The van der Waals surface area contributed by atoms with E-state index in [-0.39, 0.29) is 24.8 Å². The second-order valence-electron chi connectivity index (χ2n) is 10.6. The number of aromatic amines is 1. The molecule has 40 heavy (non-hydrogen) atoms. The van der Waals surface area contributed by atoms with Crippen LogP contribution in [0.15, 0.2) is 6.07 Å². The third kappa shape index (κ3) is 4.36. The summed E-state index contributed by atoms with van der Waals surface area (Å²) >= 11 is 0. The molecule has 1 saturated heterocycles. The Morgan fingerprint density at radius 2 is 2.00 bits per heavy atom. The molecule has 2 aliphatic heterocycles. The highest BCUT2D eigenvalue weighted by Gasteiger charge is 2.36. The molecule has 4 aromatic heterocycles. The molecular formula is C28H36N8O4. The van der Waals surface area contributed by atoms with Crippen molar-refractivity contribution in [3.63, 3.8) is 0 Å². The van der Waals surface area contributed by atoms with Gasteiger partial charge >= 0.3 is 0 Å². The predicted molar refractivity (Wildman–Crippen MR) is 150 cm³/mol. The van der Waals surface area contributed by atoms with Crippen molar-refractivity contribution in [3.8, 4) is 23.0 Å². The molecule has 1 fully saturated rings. The van der Waals surface area contributed by atoms with Gasteiger partial charge in [-0.3, -0.25) is 19.7 Å². The van der Waals surface area contributed by atoms with Crippen LogP contribution in [0, 0.1) is 13.8 Å². The Labute approximate surface area is 232 Å². The Balaban J connectivity index is 1.60. The van der Waals surface area contributed by atoms with Crippen LogP contribution in [0.5, 0.6) is 11.8 Å². The Kier molecular flexibility index (Phi) is 6.85. The Bertz CT molecular complexity index is 1580. The number of aryl methyl sites for hydroxylation is 3. The molecule has 12 nitrogen and oxygen atoms in total. The second-order valence-corrected chi connectivity index (χ2v) is 10.6. The molecule has 3 atom stereocenters. The first-order valence-corrected chi connectivity index (χ1v) is 13.7. The molecule has 0 aromatic carbocycles. The second kappa shape index (κ2) is 10.3. The summed E-state index contributed by atoms with van der Waals surface area (Å²) < 4.78 is 22.3. The molecule has 6 heterocycles. The highest BCUT2D eigenvalue weighted by Crippen LogP contribution is 2.37. The number of ether oxygens (including phenoxy) is 3. The quantitative estimate of drug-likeness (QED) is 0.396. The molecule has 2 aliphatic rings. The van der Waals surface area contributed by atoms with Crippen LogP contribution in [0.1, 0.15) is 48.2 Å². The summed E-state index contributed by atoms with van der Waals surface area (Å²) in [5.41, 5.74) is 6.72. The lowest BCUT2D eigenvalue weighted by Gasteiger charge is -2.29. The van der Waals surface area contributed by atoms with Gasteiger partial charge in [0.1, 0.15) is 11.6 Å². The Morgan fingerprint density at radius 3 is 2.77 bits per heavy atom. The van der Waals surface area contributed by atoms with Gasteiger partial charge in [-0.05, 0) is 53.0 Å². The van der Waals surface area contributed by atoms with Crippen molar-refractivity contribution in [2.75, 3.05) is 33.5 Å².